The number of aromatic nitrogens is 6. The Kier molecular flexibility index (Phi) is 4.03. The summed E-state index contributed by atoms with van der Waals surface area (Å²) in [6.07, 6.45) is 4.09. The van der Waals surface area contributed by atoms with E-state index in [4.69, 9.17) is 4.74 Å². The van der Waals surface area contributed by atoms with E-state index in [1.807, 2.05) is 6.20 Å². The van der Waals surface area contributed by atoms with Crippen LogP contribution in [-0.2, 0) is 29.0 Å². The predicted molar refractivity (Wildman–Crippen MR) is 82.0 cm³/mol. The van der Waals surface area contributed by atoms with Crippen LogP contribution in [0.2, 0.25) is 0 Å². The molecule has 4 heterocycles. The standard InChI is InChI=1S/C14H18N8O2/c23-13(9-22-10-16-18-19-22)21-2-1-11-7-15-14(17-12(11)8-21)20-3-5-24-6-4-20/h7,10H,1-6,8-9H2. The van der Waals surface area contributed by atoms with Gasteiger partial charge in [0.25, 0.3) is 0 Å². The van der Waals surface area contributed by atoms with Gasteiger partial charge in [0.2, 0.25) is 11.9 Å². The number of tetrazole rings is 1. The first-order valence-corrected chi connectivity index (χ1v) is 7.95. The molecule has 0 saturated carbocycles. The SMILES string of the molecule is O=C(Cn1cnnn1)N1CCc2cnc(N3CCOCC3)nc2C1. The van der Waals surface area contributed by atoms with Crippen molar-refractivity contribution in [1.29, 1.82) is 0 Å². The third-order valence-corrected chi connectivity index (χ3v) is 4.27. The number of rotatable bonds is 3. The quantitative estimate of drug-likeness (QED) is 0.698. The van der Waals surface area contributed by atoms with Crippen molar-refractivity contribution in [3.63, 3.8) is 0 Å². The number of hydrogen-bond donors (Lipinski definition) is 0. The number of anilines is 1. The fraction of sp³-hybridized carbons (Fsp3) is 0.571. The van der Waals surface area contributed by atoms with Crippen molar-refractivity contribution in [3.05, 3.63) is 23.8 Å². The second-order valence-corrected chi connectivity index (χ2v) is 5.81. The molecule has 0 aromatic carbocycles. The monoisotopic (exact) mass is 330 g/mol. The summed E-state index contributed by atoms with van der Waals surface area (Å²) in [5.74, 6) is 0.700. The van der Waals surface area contributed by atoms with E-state index in [2.05, 4.69) is 30.4 Å². The number of fused-ring (bicyclic) bond motifs is 1. The molecule has 10 heteroatoms. The number of carbonyl (C=O) groups excluding carboxylic acids is 1. The van der Waals surface area contributed by atoms with Gasteiger partial charge >= 0.3 is 0 Å². The highest BCUT2D eigenvalue weighted by Crippen LogP contribution is 2.20. The van der Waals surface area contributed by atoms with Crippen molar-refractivity contribution in [3.8, 4) is 0 Å². The average Bonchev–Trinajstić information content (AvgIpc) is 3.14. The maximum atomic E-state index is 12.4. The van der Waals surface area contributed by atoms with E-state index in [0.29, 0.717) is 32.3 Å². The van der Waals surface area contributed by atoms with Gasteiger partial charge in [0.05, 0.1) is 25.5 Å². The van der Waals surface area contributed by atoms with Crippen LogP contribution in [0.1, 0.15) is 11.3 Å². The molecule has 2 aromatic heterocycles. The Morgan fingerprint density at radius 2 is 2.12 bits per heavy atom. The Labute approximate surface area is 138 Å². The summed E-state index contributed by atoms with van der Waals surface area (Å²) < 4.78 is 6.79. The highest BCUT2D eigenvalue weighted by Gasteiger charge is 2.24. The fourth-order valence-electron chi connectivity index (χ4n) is 2.91. The zero-order valence-corrected chi connectivity index (χ0v) is 13.2. The molecule has 2 aromatic rings. The van der Waals surface area contributed by atoms with E-state index in [1.54, 1.807) is 4.90 Å². The molecule has 10 nitrogen and oxygen atoms in total. The Morgan fingerprint density at radius 1 is 1.25 bits per heavy atom. The van der Waals surface area contributed by atoms with E-state index < -0.39 is 0 Å². The molecule has 1 saturated heterocycles. The average molecular weight is 330 g/mol. The van der Waals surface area contributed by atoms with Crippen molar-refractivity contribution in [1.82, 2.24) is 35.1 Å². The Morgan fingerprint density at radius 3 is 2.92 bits per heavy atom. The molecule has 1 fully saturated rings. The van der Waals surface area contributed by atoms with Gasteiger partial charge < -0.3 is 14.5 Å². The fourth-order valence-corrected chi connectivity index (χ4v) is 2.91. The molecule has 126 valence electrons. The minimum atomic E-state index is -0.0144. The molecule has 0 aliphatic carbocycles. The maximum absolute atomic E-state index is 12.4. The van der Waals surface area contributed by atoms with E-state index in [1.165, 1.54) is 11.0 Å². The molecule has 24 heavy (non-hydrogen) atoms. The molecule has 0 spiro atoms. The first-order valence-electron chi connectivity index (χ1n) is 7.95. The van der Waals surface area contributed by atoms with Crippen LogP contribution < -0.4 is 4.90 Å². The van der Waals surface area contributed by atoms with E-state index in [-0.39, 0.29) is 12.5 Å². The van der Waals surface area contributed by atoms with Crippen LogP contribution in [-0.4, -0.2) is 73.8 Å². The van der Waals surface area contributed by atoms with Crippen LogP contribution in [0, 0.1) is 0 Å². The summed E-state index contributed by atoms with van der Waals surface area (Å²) in [7, 11) is 0. The second-order valence-electron chi connectivity index (χ2n) is 5.81. The molecule has 2 aliphatic rings. The zero-order chi connectivity index (χ0) is 16.4. The predicted octanol–water partition coefficient (Wildman–Crippen LogP) is -1.12. The second kappa shape index (κ2) is 6.48. The summed E-state index contributed by atoms with van der Waals surface area (Å²) in [4.78, 5) is 25.5. The summed E-state index contributed by atoms with van der Waals surface area (Å²) in [5.41, 5.74) is 2.03. The van der Waals surface area contributed by atoms with Gasteiger partial charge in [-0.05, 0) is 22.4 Å². The van der Waals surface area contributed by atoms with Crippen molar-refractivity contribution in [2.24, 2.45) is 0 Å². The van der Waals surface area contributed by atoms with Gasteiger partial charge in [0.15, 0.2) is 0 Å². The van der Waals surface area contributed by atoms with Crippen LogP contribution in [0.5, 0.6) is 0 Å². The largest absolute Gasteiger partial charge is 0.378 e. The van der Waals surface area contributed by atoms with E-state index in [0.717, 1.165) is 30.8 Å². The van der Waals surface area contributed by atoms with E-state index >= 15 is 0 Å². The van der Waals surface area contributed by atoms with Crippen LogP contribution >= 0.6 is 0 Å². The highest BCUT2D eigenvalue weighted by atomic mass is 16.5. The van der Waals surface area contributed by atoms with Crippen LogP contribution in [0.15, 0.2) is 12.5 Å². The smallest absolute Gasteiger partial charge is 0.244 e. The Bertz CT molecular complexity index is 714. The first-order chi connectivity index (χ1) is 11.8. The van der Waals surface area contributed by atoms with Crippen molar-refractivity contribution >= 4 is 11.9 Å². The molecule has 0 N–H and O–H groups in total. The van der Waals surface area contributed by atoms with Crippen LogP contribution in [0.25, 0.3) is 0 Å². The lowest BCUT2D eigenvalue weighted by Crippen LogP contribution is -2.40. The van der Waals surface area contributed by atoms with Gasteiger partial charge in [0.1, 0.15) is 12.9 Å². The third kappa shape index (κ3) is 3.04. The normalized spacial score (nSPS) is 17.7. The molecule has 0 radical (unpaired) electrons. The lowest BCUT2D eigenvalue weighted by molar-refractivity contribution is -0.133. The van der Waals surface area contributed by atoms with Gasteiger partial charge in [-0.15, -0.1) is 5.10 Å². The third-order valence-electron chi connectivity index (χ3n) is 4.27. The van der Waals surface area contributed by atoms with Gasteiger partial charge in [-0.1, -0.05) is 0 Å². The molecule has 0 atom stereocenters. The number of carbonyl (C=O) groups is 1. The summed E-state index contributed by atoms with van der Waals surface area (Å²) in [6.45, 7) is 4.27. The lowest BCUT2D eigenvalue weighted by atomic mass is 10.1. The molecule has 1 amide bonds. The minimum Gasteiger partial charge on any atom is -0.378 e. The first kappa shape index (κ1) is 14.9. The maximum Gasteiger partial charge on any atom is 0.244 e. The van der Waals surface area contributed by atoms with Crippen molar-refractivity contribution in [2.75, 3.05) is 37.7 Å². The van der Waals surface area contributed by atoms with Gasteiger partial charge in [0, 0.05) is 25.8 Å². The molecular weight excluding hydrogens is 312 g/mol. The molecular formula is C14H18N8O2. The molecule has 0 unspecified atom stereocenters. The number of nitrogens with zero attached hydrogens (tertiary/aromatic N) is 8. The van der Waals surface area contributed by atoms with Gasteiger partial charge in [-0.25, -0.2) is 14.6 Å². The lowest BCUT2D eigenvalue weighted by Gasteiger charge is -2.30. The number of morpholine rings is 1. The van der Waals surface area contributed by atoms with Crippen molar-refractivity contribution < 1.29 is 9.53 Å². The van der Waals surface area contributed by atoms with Crippen LogP contribution in [0.3, 0.4) is 0 Å². The minimum absolute atomic E-state index is 0.0144. The van der Waals surface area contributed by atoms with Gasteiger partial charge in [-0.3, -0.25) is 4.79 Å². The highest BCUT2D eigenvalue weighted by molar-refractivity contribution is 5.76. The number of amides is 1. The number of ether oxygens (including phenoxy) is 1. The summed E-state index contributed by atoms with van der Waals surface area (Å²) in [5, 5.41) is 10.8. The number of hydrogen-bond acceptors (Lipinski definition) is 8. The zero-order valence-electron chi connectivity index (χ0n) is 13.2. The molecule has 4 rings (SSSR count). The molecule has 2 aliphatic heterocycles. The summed E-state index contributed by atoms with van der Waals surface area (Å²) >= 11 is 0. The van der Waals surface area contributed by atoms with E-state index in [9.17, 15) is 4.79 Å². The Hall–Kier alpha value is -2.62. The van der Waals surface area contributed by atoms with Gasteiger partial charge in [-0.2, -0.15) is 0 Å². The Balaban J connectivity index is 1.47. The van der Waals surface area contributed by atoms with Crippen LogP contribution in [0.4, 0.5) is 5.95 Å². The summed E-state index contributed by atoms with van der Waals surface area (Å²) in [6, 6.07) is 0. The molecule has 0 bridgehead atoms. The van der Waals surface area contributed by atoms with Crippen molar-refractivity contribution in [2.45, 2.75) is 19.5 Å². The topological polar surface area (TPSA) is 102 Å².